The maximum Gasteiger partial charge on any atom is 0.264 e. The van der Waals surface area contributed by atoms with Crippen molar-refractivity contribution in [3.8, 4) is 5.75 Å². The third kappa shape index (κ3) is 6.81. The van der Waals surface area contributed by atoms with E-state index < -0.39 is 28.3 Å². The van der Waals surface area contributed by atoms with Gasteiger partial charge in [-0.1, -0.05) is 30.3 Å². The normalized spacial score (nSPS) is 12.1. The van der Waals surface area contributed by atoms with Crippen LogP contribution in [-0.4, -0.2) is 33.5 Å². The summed E-state index contributed by atoms with van der Waals surface area (Å²) < 4.78 is 46.7. The van der Waals surface area contributed by atoms with E-state index in [1.807, 2.05) is 44.2 Å². The molecule has 180 valence electrons. The van der Waals surface area contributed by atoms with Gasteiger partial charge in [-0.25, -0.2) is 12.8 Å². The number of amides is 1. The van der Waals surface area contributed by atoms with Crippen LogP contribution in [0, 0.1) is 5.82 Å². The SMILES string of the molecule is CCOc1ccc(S(=O)(=O)N(CC(=O)N[C@@H](C)CCc2ccccc2)c2ccc(F)cc2)cc1. The smallest absolute Gasteiger partial charge is 0.264 e. The van der Waals surface area contributed by atoms with Gasteiger partial charge in [0.1, 0.15) is 18.1 Å². The molecule has 1 N–H and O–H groups in total. The Balaban J connectivity index is 1.76. The Hall–Kier alpha value is -3.39. The van der Waals surface area contributed by atoms with Crippen molar-refractivity contribution in [1.29, 1.82) is 0 Å². The van der Waals surface area contributed by atoms with Crippen LogP contribution in [0.1, 0.15) is 25.8 Å². The van der Waals surface area contributed by atoms with E-state index in [2.05, 4.69) is 5.32 Å². The van der Waals surface area contributed by atoms with E-state index in [1.165, 1.54) is 24.3 Å². The number of carbonyl (C=O) groups is 1. The topological polar surface area (TPSA) is 75.7 Å². The molecule has 0 saturated heterocycles. The van der Waals surface area contributed by atoms with Crippen molar-refractivity contribution in [3.63, 3.8) is 0 Å². The van der Waals surface area contributed by atoms with Gasteiger partial charge in [0, 0.05) is 6.04 Å². The number of carbonyl (C=O) groups excluding carboxylic acids is 1. The lowest BCUT2D eigenvalue weighted by Gasteiger charge is -2.25. The number of hydrogen-bond donors (Lipinski definition) is 1. The van der Waals surface area contributed by atoms with Crippen LogP contribution in [-0.2, 0) is 21.2 Å². The van der Waals surface area contributed by atoms with Gasteiger partial charge in [0.25, 0.3) is 10.0 Å². The zero-order chi connectivity index (χ0) is 24.6. The van der Waals surface area contributed by atoms with Crippen molar-refractivity contribution in [1.82, 2.24) is 5.32 Å². The van der Waals surface area contributed by atoms with E-state index in [4.69, 9.17) is 4.74 Å². The number of nitrogens with one attached hydrogen (secondary N) is 1. The minimum atomic E-state index is -4.09. The van der Waals surface area contributed by atoms with Crippen molar-refractivity contribution in [2.75, 3.05) is 17.5 Å². The van der Waals surface area contributed by atoms with Gasteiger partial charge in [-0.15, -0.1) is 0 Å². The first-order valence-electron chi connectivity index (χ1n) is 11.1. The highest BCUT2D eigenvalue weighted by Crippen LogP contribution is 2.25. The zero-order valence-electron chi connectivity index (χ0n) is 19.3. The van der Waals surface area contributed by atoms with E-state index in [0.29, 0.717) is 18.8 Å². The molecule has 3 rings (SSSR count). The van der Waals surface area contributed by atoms with Crippen LogP contribution in [0.15, 0.2) is 83.8 Å². The van der Waals surface area contributed by atoms with Gasteiger partial charge >= 0.3 is 0 Å². The highest BCUT2D eigenvalue weighted by Gasteiger charge is 2.27. The average molecular weight is 485 g/mol. The Labute approximate surface area is 200 Å². The molecule has 0 spiro atoms. The molecule has 0 unspecified atom stereocenters. The van der Waals surface area contributed by atoms with Crippen molar-refractivity contribution in [3.05, 3.63) is 90.2 Å². The van der Waals surface area contributed by atoms with Crippen LogP contribution in [0.3, 0.4) is 0 Å². The van der Waals surface area contributed by atoms with E-state index in [0.717, 1.165) is 28.4 Å². The minimum Gasteiger partial charge on any atom is -0.494 e. The third-order valence-corrected chi connectivity index (χ3v) is 7.03. The predicted molar refractivity (Wildman–Crippen MR) is 131 cm³/mol. The summed E-state index contributed by atoms with van der Waals surface area (Å²) >= 11 is 0. The molecular weight excluding hydrogens is 455 g/mol. The average Bonchev–Trinajstić information content (AvgIpc) is 2.83. The molecule has 34 heavy (non-hydrogen) atoms. The van der Waals surface area contributed by atoms with Crippen LogP contribution in [0.4, 0.5) is 10.1 Å². The molecule has 8 heteroatoms. The fraction of sp³-hybridized carbons (Fsp3) is 0.269. The fourth-order valence-electron chi connectivity index (χ4n) is 3.48. The maximum absolute atomic E-state index is 13.5. The molecule has 6 nitrogen and oxygen atoms in total. The quantitative estimate of drug-likeness (QED) is 0.433. The Kier molecular flexibility index (Phi) is 8.65. The Morgan fingerprint density at radius 2 is 1.65 bits per heavy atom. The first kappa shape index (κ1) is 25.2. The molecule has 0 saturated carbocycles. The van der Waals surface area contributed by atoms with Gasteiger partial charge in [0.2, 0.25) is 5.91 Å². The summed E-state index contributed by atoms with van der Waals surface area (Å²) in [4.78, 5) is 12.8. The van der Waals surface area contributed by atoms with Gasteiger partial charge < -0.3 is 10.1 Å². The number of sulfonamides is 1. The van der Waals surface area contributed by atoms with E-state index in [1.54, 1.807) is 12.1 Å². The van der Waals surface area contributed by atoms with Crippen molar-refractivity contribution >= 4 is 21.6 Å². The van der Waals surface area contributed by atoms with Gasteiger partial charge in [-0.2, -0.15) is 0 Å². The summed E-state index contributed by atoms with van der Waals surface area (Å²) in [6.45, 7) is 3.73. The van der Waals surface area contributed by atoms with Gasteiger partial charge in [-0.05, 0) is 80.8 Å². The largest absolute Gasteiger partial charge is 0.494 e. The summed E-state index contributed by atoms with van der Waals surface area (Å²) in [5.41, 5.74) is 1.36. The summed E-state index contributed by atoms with van der Waals surface area (Å²) in [7, 11) is -4.09. The van der Waals surface area contributed by atoms with Crippen molar-refractivity contribution < 1.29 is 22.3 Å². The molecule has 0 aromatic heterocycles. The van der Waals surface area contributed by atoms with Crippen LogP contribution in [0.25, 0.3) is 0 Å². The molecule has 0 aliphatic heterocycles. The lowest BCUT2D eigenvalue weighted by molar-refractivity contribution is -0.120. The van der Waals surface area contributed by atoms with Crippen molar-refractivity contribution in [2.24, 2.45) is 0 Å². The summed E-state index contributed by atoms with van der Waals surface area (Å²) in [6, 6.07) is 20.7. The Bertz CT molecular complexity index is 1170. The van der Waals surface area contributed by atoms with Gasteiger partial charge in [0.05, 0.1) is 17.2 Å². The second-order valence-corrected chi connectivity index (χ2v) is 9.75. The van der Waals surface area contributed by atoms with Crippen LogP contribution >= 0.6 is 0 Å². The molecule has 0 fully saturated rings. The lowest BCUT2D eigenvalue weighted by Crippen LogP contribution is -2.43. The molecular formula is C26H29FN2O4S. The first-order valence-corrected chi connectivity index (χ1v) is 12.6. The molecule has 3 aromatic carbocycles. The number of nitrogens with zero attached hydrogens (tertiary/aromatic N) is 1. The summed E-state index contributed by atoms with van der Waals surface area (Å²) in [5, 5.41) is 2.87. The number of benzene rings is 3. The lowest BCUT2D eigenvalue weighted by atomic mass is 10.1. The number of hydrogen-bond acceptors (Lipinski definition) is 4. The number of anilines is 1. The standard InChI is InChI=1S/C26H29FN2O4S/c1-3-33-24-15-17-25(18-16-24)34(31,32)29(23-13-11-22(27)12-14-23)19-26(30)28-20(2)9-10-21-7-5-4-6-8-21/h4-8,11-18,20H,3,9-10,19H2,1-2H3,(H,28,30)/t20-/m0/s1. The van der Waals surface area contributed by atoms with Crippen LogP contribution in [0.2, 0.25) is 0 Å². The maximum atomic E-state index is 13.5. The number of aryl methyl sites for hydroxylation is 1. The molecule has 1 amide bonds. The molecule has 3 aromatic rings. The minimum absolute atomic E-state index is 0.00482. The predicted octanol–water partition coefficient (Wildman–Crippen LogP) is 4.56. The number of halogens is 1. The van der Waals surface area contributed by atoms with Gasteiger partial charge in [0.15, 0.2) is 0 Å². The van der Waals surface area contributed by atoms with Crippen LogP contribution < -0.4 is 14.4 Å². The molecule has 0 heterocycles. The fourth-order valence-corrected chi connectivity index (χ4v) is 4.90. The third-order valence-electron chi connectivity index (χ3n) is 5.24. The monoisotopic (exact) mass is 484 g/mol. The van der Waals surface area contributed by atoms with E-state index in [-0.39, 0.29) is 16.6 Å². The number of rotatable bonds is 11. The van der Waals surface area contributed by atoms with E-state index >= 15 is 0 Å². The van der Waals surface area contributed by atoms with Gasteiger partial charge in [-0.3, -0.25) is 9.10 Å². The second-order valence-electron chi connectivity index (χ2n) is 7.89. The highest BCUT2D eigenvalue weighted by molar-refractivity contribution is 7.92. The van der Waals surface area contributed by atoms with E-state index in [9.17, 15) is 17.6 Å². The highest BCUT2D eigenvalue weighted by atomic mass is 32.2. The molecule has 1 atom stereocenters. The molecule has 0 radical (unpaired) electrons. The summed E-state index contributed by atoms with van der Waals surface area (Å²) in [5.74, 6) is -0.402. The molecule has 0 aliphatic rings. The molecule has 0 bridgehead atoms. The number of ether oxygens (including phenoxy) is 1. The van der Waals surface area contributed by atoms with Crippen molar-refractivity contribution in [2.45, 2.75) is 37.6 Å². The summed E-state index contributed by atoms with van der Waals surface area (Å²) in [6.07, 6.45) is 1.49. The zero-order valence-corrected chi connectivity index (χ0v) is 20.1. The second kappa shape index (κ2) is 11.7. The molecule has 0 aliphatic carbocycles. The Morgan fingerprint density at radius 3 is 2.26 bits per heavy atom. The first-order chi connectivity index (χ1) is 16.3. The van der Waals surface area contributed by atoms with Crippen LogP contribution in [0.5, 0.6) is 5.75 Å². The Morgan fingerprint density at radius 1 is 1.00 bits per heavy atom.